The standard InChI is InChI=1S/C14H18FN3.2ClH/c1-11-12(3-2-4-13(11)15)14(5-6-16)18-9-7-17-8-10-18;;/h2-4,14,17H,5,7-10H2,1H3;2*1H/t14-;;/m0../s1. The molecular weight excluding hydrogens is 300 g/mol. The van der Waals surface area contributed by atoms with Crippen molar-refractivity contribution in [3.05, 3.63) is 35.1 Å². The summed E-state index contributed by atoms with van der Waals surface area (Å²) in [6.45, 7) is 5.45. The van der Waals surface area contributed by atoms with E-state index in [0.717, 1.165) is 31.7 Å². The highest BCUT2D eigenvalue weighted by Gasteiger charge is 2.23. The maximum Gasteiger partial charge on any atom is 0.126 e. The Kier molecular flexibility index (Phi) is 8.75. The summed E-state index contributed by atoms with van der Waals surface area (Å²) in [7, 11) is 0. The topological polar surface area (TPSA) is 39.1 Å². The van der Waals surface area contributed by atoms with Crippen molar-refractivity contribution in [2.75, 3.05) is 26.2 Å². The monoisotopic (exact) mass is 319 g/mol. The fraction of sp³-hybridized carbons (Fsp3) is 0.500. The van der Waals surface area contributed by atoms with Crippen molar-refractivity contribution in [1.82, 2.24) is 10.2 Å². The van der Waals surface area contributed by atoms with E-state index < -0.39 is 0 Å². The summed E-state index contributed by atoms with van der Waals surface area (Å²) in [6.07, 6.45) is 0.407. The van der Waals surface area contributed by atoms with Gasteiger partial charge in [0.05, 0.1) is 12.5 Å². The highest BCUT2D eigenvalue weighted by Crippen LogP contribution is 2.28. The van der Waals surface area contributed by atoms with Gasteiger partial charge in [-0.3, -0.25) is 4.90 Å². The quantitative estimate of drug-likeness (QED) is 0.931. The highest BCUT2D eigenvalue weighted by molar-refractivity contribution is 5.85. The van der Waals surface area contributed by atoms with Crippen LogP contribution >= 0.6 is 24.8 Å². The Morgan fingerprint density at radius 3 is 2.60 bits per heavy atom. The number of nitrogens with one attached hydrogen (secondary N) is 1. The summed E-state index contributed by atoms with van der Waals surface area (Å²) in [5.74, 6) is -0.189. The molecule has 0 aromatic heterocycles. The summed E-state index contributed by atoms with van der Waals surface area (Å²) in [5.41, 5.74) is 1.61. The third-order valence-electron chi connectivity index (χ3n) is 3.55. The smallest absolute Gasteiger partial charge is 0.126 e. The van der Waals surface area contributed by atoms with Crippen LogP contribution in [0.25, 0.3) is 0 Å². The summed E-state index contributed by atoms with van der Waals surface area (Å²) < 4.78 is 13.6. The Balaban J connectivity index is 0.00000180. The molecule has 1 aliphatic rings. The van der Waals surface area contributed by atoms with E-state index in [1.54, 1.807) is 13.0 Å². The lowest BCUT2D eigenvalue weighted by molar-refractivity contribution is 0.175. The van der Waals surface area contributed by atoms with Crippen molar-refractivity contribution in [1.29, 1.82) is 5.26 Å². The van der Waals surface area contributed by atoms with Crippen LogP contribution in [-0.2, 0) is 0 Å². The van der Waals surface area contributed by atoms with Crippen LogP contribution in [0.5, 0.6) is 0 Å². The van der Waals surface area contributed by atoms with Gasteiger partial charge < -0.3 is 5.32 Å². The number of nitriles is 1. The first kappa shape index (κ1) is 19.1. The van der Waals surface area contributed by atoms with E-state index in [2.05, 4.69) is 16.3 Å². The van der Waals surface area contributed by atoms with Crippen LogP contribution in [0.2, 0.25) is 0 Å². The minimum absolute atomic E-state index is 0. The molecule has 2 rings (SSSR count). The average molecular weight is 320 g/mol. The second kappa shape index (κ2) is 9.15. The average Bonchev–Trinajstić information content (AvgIpc) is 2.41. The molecule has 20 heavy (non-hydrogen) atoms. The molecule has 0 unspecified atom stereocenters. The molecule has 6 heteroatoms. The van der Waals surface area contributed by atoms with Crippen LogP contribution in [0.15, 0.2) is 18.2 Å². The van der Waals surface area contributed by atoms with Crippen molar-refractivity contribution in [2.24, 2.45) is 0 Å². The molecule has 1 aliphatic heterocycles. The second-order valence-electron chi connectivity index (χ2n) is 4.62. The Morgan fingerprint density at radius 1 is 1.35 bits per heavy atom. The first-order chi connectivity index (χ1) is 8.74. The number of nitrogens with zero attached hydrogens (tertiary/aromatic N) is 2. The highest BCUT2D eigenvalue weighted by atomic mass is 35.5. The lowest BCUT2D eigenvalue weighted by atomic mass is 9.97. The largest absolute Gasteiger partial charge is 0.314 e. The molecule has 1 atom stereocenters. The van der Waals surface area contributed by atoms with Crippen LogP contribution in [0, 0.1) is 24.1 Å². The summed E-state index contributed by atoms with van der Waals surface area (Å²) >= 11 is 0. The van der Waals surface area contributed by atoms with Crippen molar-refractivity contribution in [2.45, 2.75) is 19.4 Å². The molecule has 1 aromatic rings. The molecule has 1 heterocycles. The number of benzene rings is 1. The zero-order valence-corrected chi connectivity index (χ0v) is 13.1. The van der Waals surface area contributed by atoms with Crippen molar-refractivity contribution >= 4 is 24.8 Å². The van der Waals surface area contributed by atoms with Gasteiger partial charge in [-0.2, -0.15) is 5.26 Å². The van der Waals surface area contributed by atoms with E-state index in [1.165, 1.54) is 6.07 Å². The molecular formula is C14H20Cl2FN3. The van der Waals surface area contributed by atoms with Crippen molar-refractivity contribution < 1.29 is 4.39 Å². The molecule has 0 spiro atoms. The Bertz CT molecular complexity index is 456. The van der Waals surface area contributed by atoms with Crippen LogP contribution in [0.3, 0.4) is 0 Å². The van der Waals surface area contributed by atoms with Gasteiger partial charge in [-0.15, -0.1) is 24.8 Å². The molecule has 0 radical (unpaired) electrons. The minimum atomic E-state index is -0.189. The minimum Gasteiger partial charge on any atom is -0.314 e. The third-order valence-corrected chi connectivity index (χ3v) is 3.55. The molecule has 0 saturated carbocycles. The predicted molar refractivity (Wildman–Crippen MR) is 83.0 cm³/mol. The number of halogens is 3. The van der Waals surface area contributed by atoms with Gasteiger partial charge in [0, 0.05) is 32.2 Å². The molecule has 0 bridgehead atoms. The maximum atomic E-state index is 13.6. The lowest BCUT2D eigenvalue weighted by Crippen LogP contribution is -2.45. The van der Waals surface area contributed by atoms with E-state index >= 15 is 0 Å². The molecule has 0 aliphatic carbocycles. The fourth-order valence-corrected chi connectivity index (χ4v) is 2.50. The normalized spacial score (nSPS) is 16.4. The molecule has 0 amide bonds. The van der Waals surface area contributed by atoms with Crippen LogP contribution in [0.4, 0.5) is 4.39 Å². The Labute approximate surface area is 132 Å². The summed E-state index contributed by atoms with van der Waals surface area (Å²) in [5, 5.41) is 12.3. The van der Waals surface area contributed by atoms with E-state index in [-0.39, 0.29) is 36.7 Å². The fourth-order valence-electron chi connectivity index (χ4n) is 2.50. The number of piperazine rings is 1. The van der Waals surface area contributed by atoms with Gasteiger partial charge in [0.2, 0.25) is 0 Å². The zero-order chi connectivity index (χ0) is 13.0. The van der Waals surface area contributed by atoms with Crippen LogP contribution in [-0.4, -0.2) is 31.1 Å². The SMILES string of the molecule is Cc1c(F)cccc1[C@H](CC#N)N1CCNCC1.Cl.Cl. The van der Waals surface area contributed by atoms with Gasteiger partial charge in [0.1, 0.15) is 5.82 Å². The van der Waals surface area contributed by atoms with Gasteiger partial charge >= 0.3 is 0 Å². The van der Waals surface area contributed by atoms with Gasteiger partial charge in [0.15, 0.2) is 0 Å². The van der Waals surface area contributed by atoms with E-state index in [9.17, 15) is 4.39 Å². The Hall–Kier alpha value is -0.860. The second-order valence-corrected chi connectivity index (χ2v) is 4.62. The van der Waals surface area contributed by atoms with Gasteiger partial charge in [-0.1, -0.05) is 12.1 Å². The first-order valence-electron chi connectivity index (χ1n) is 6.30. The third kappa shape index (κ3) is 4.32. The predicted octanol–water partition coefficient (Wildman–Crippen LogP) is 2.84. The molecule has 3 nitrogen and oxygen atoms in total. The number of rotatable bonds is 3. The van der Waals surface area contributed by atoms with Gasteiger partial charge in [-0.25, -0.2) is 4.39 Å². The van der Waals surface area contributed by atoms with Crippen LogP contribution in [0.1, 0.15) is 23.6 Å². The van der Waals surface area contributed by atoms with Crippen LogP contribution < -0.4 is 5.32 Å². The molecule has 1 saturated heterocycles. The van der Waals surface area contributed by atoms with Gasteiger partial charge in [-0.05, 0) is 24.1 Å². The van der Waals surface area contributed by atoms with E-state index in [1.807, 2.05) is 6.07 Å². The molecule has 1 fully saturated rings. The first-order valence-corrected chi connectivity index (χ1v) is 6.30. The molecule has 112 valence electrons. The zero-order valence-electron chi connectivity index (χ0n) is 11.4. The molecule has 1 aromatic carbocycles. The van der Waals surface area contributed by atoms with Gasteiger partial charge in [0.25, 0.3) is 0 Å². The lowest BCUT2D eigenvalue weighted by Gasteiger charge is -2.34. The van der Waals surface area contributed by atoms with E-state index in [0.29, 0.717) is 12.0 Å². The number of hydrogen-bond acceptors (Lipinski definition) is 3. The van der Waals surface area contributed by atoms with Crippen molar-refractivity contribution in [3.63, 3.8) is 0 Å². The molecule has 1 N–H and O–H groups in total. The Morgan fingerprint density at radius 2 is 2.00 bits per heavy atom. The summed E-state index contributed by atoms with van der Waals surface area (Å²) in [4.78, 5) is 2.27. The van der Waals surface area contributed by atoms with E-state index in [4.69, 9.17) is 5.26 Å². The van der Waals surface area contributed by atoms with Crippen molar-refractivity contribution in [3.8, 4) is 6.07 Å². The number of hydrogen-bond donors (Lipinski definition) is 1. The maximum absolute atomic E-state index is 13.6. The summed E-state index contributed by atoms with van der Waals surface area (Å²) in [6, 6.07) is 7.36.